The molecule has 0 bridgehead atoms. The van der Waals surface area contributed by atoms with Crippen molar-refractivity contribution in [2.75, 3.05) is 6.54 Å². The van der Waals surface area contributed by atoms with E-state index in [4.69, 9.17) is 0 Å². The molecule has 1 saturated heterocycles. The van der Waals surface area contributed by atoms with Crippen molar-refractivity contribution in [3.05, 3.63) is 65.2 Å². The van der Waals surface area contributed by atoms with Crippen LogP contribution in [0.2, 0.25) is 0 Å². The molecule has 1 atom stereocenters. The third kappa shape index (κ3) is 3.75. The zero-order chi connectivity index (χ0) is 18.0. The molecule has 3 nitrogen and oxygen atoms in total. The Bertz CT molecular complexity index is 850. The number of benzene rings is 2. The third-order valence-corrected chi connectivity index (χ3v) is 6.57. The maximum absolute atomic E-state index is 14.1. The number of aryl methyl sites for hydroxylation is 1. The minimum Gasteiger partial charge on any atom is -0.207 e. The summed E-state index contributed by atoms with van der Waals surface area (Å²) < 4.78 is 55.2. The van der Waals surface area contributed by atoms with Crippen molar-refractivity contribution in [3.63, 3.8) is 0 Å². The molecule has 0 saturated carbocycles. The van der Waals surface area contributed by atoms with Gasteiger partial charge in [-0.2, -0.15) is 4.31 Å². The molecule has 0 radical (unpaired) electrons. The maximum Gasteiger partial charge on any atom is 0.246 e. The minimum atomic E-state index is -4.13. The van der Waals surface area contributed by atoms with Gasteiger partial charge < -0.3 is 0 Å². The van der Waals surface area contributed by atoms with Gasteiger partial charge in [-0.3, -0.25) is 0 Å². The number of sulfonamides is 1. The van der Waals surface area contributed by atoms with Crippen molar-refractivity contribution in [3.8, 4) is 0 Å². The monoisotopic (exact) mass is 365 g/mol. The van der Waals surface area contributed by atoms with Crippen LogP contribution < -0.4 is 0 Å². The number of hydrogen-bond donors (Lipinski definition) is 0. The molecule has 0 aliphatic carbocycles. The molecule has 2 aromatic carbocycles. The van der Waals surface area contributed by atoms with Crippen molar-refractivity contribution >= 4 is 10.0 Å². The molecule has 1 fully saturated rings. The molecule has 1 aliphatic rings. The van der Waals surface area contributed by atoms with Crippen LogP contribution >= 0.6 is 0 Å². The highest BCUT2D eigenvalue weighted by Crippen LogP contribution is 2.35. The van der Waals surface area contributed by atoms with Crippen LogP contribution in [0.15, 0.2) is 47.4 Å². The van der Waals surface area contributed by atoms with Crippen LogP contribution in [0.5, 0.6) is 0 Å². The van der Waals surface area contributed by atoms with Gasteiger partial charge in [0.05, 0.1) is 6.04 Å². The number of rotatable bonds is 3. The van der Waals surface area contributed by atoms with Gasteiger partial charge in [-0.05, 0) is 43.5 Å². The quantitative estimate of drug-likeness (QED) is 0.798. The predicted octanol–water partition coefficient (Wildman–Crippen LogP) is 4.58. The Balaban J connectivity index is 2.06. The Hall–Kier alpha value is -1.79. The summed E-state index contributed by atoms with van der Waals surface area (Å²) >= 11 is 0. The molecule has 6 heteroatoms. The van der Waals surface area contributed by atoms with E-state index < -0.39 is 26.6 Å². The molecular weight excluding hydrogens is 344 g/mol. The summed E-state index contributed by atoms with van der Waals surface area (Å²) in [6.07, 6.45) is 3.19. The third-order valence-electron chi connectivity index (χ3n) is 4.65. The second-order valence-corrected chi connectivity index (χ2v) is 8.33. The van der Waals surface area contributed by atoms with Gasteiger partial charge in [-0.1, -0.05) is 42.7 Å². The topological polar surface area (TPSA) is 37.4 Å². The van der Waals surface area contributed by atoms with E-state index in [-0.39, 0.29) is 6.04 Å². The van der Waals surface area contributed by atoms with E-state index in [9.17, 15) is 17.2 Å². The summed E-state index contributed by atoms with van der Waals surface area (Å²) in [4.78, 5) is -0.591. The molecule has 2 aromatic rings. The van der Waals surface area contributed by atoms with E-state index in [1.54, 1.807) is 0 Å². The lowest BCUT2D eigenvalue weighted by atomic mass is 10.0. The summed E-state index contributed by atoms with van der Waals surface area (Å²) in [6.45, 7) is 2.27. The smallest absolute Gasteiger partial charge is 0.207 e. The van der Waals surface area contributed by atoms with Crippen molar-refractivity contribution in [1.29, 1.82) is 0 Å². The second-order valence-electron chi connectivity index (χ2n) is 6.47. The Morgan fingerprint density at radius 3 is 2.44 bits per heavy atom. The van der Waals surface area contributed by atoms with Crippen molar-refractivity contribution in [2.45, 2.75) is 43.5 Å². The van der Waals surface area contributed by atoms with Crippen molar-refractivity contribution < 1.29 is 17.2 Å². The molecule has 0 spiro atoms. The average molecular weight is 365 g/mol. The Morgan fingerprint density at radius 1 is 1.00 bits per heavy atom. The predicted molar refractivity (Wildman–Crippen MR) is 92.6 cm³/mol. The van der Waals surface area contributed by atoms with Crippen LogP contribution in [0.25, 0.3) is 0 Å². The normalized spacial score (nSPS) is 19.6. The highest BCUT2D eigenvalue weighted by atomic mass is 32.2. The average Bonchev–Trinajstić information content (AvgIpc) is 2.84. The fourth-order valence-electron chi connectivity index (χ4n) is 3.29. The molecule has 134 valence electrons. The zero-order valence-electron chi connectivity index (χ0n) is 14.1. The van der Waals surface area contributed by atoms with Gasteiger partial charge in [-0.15, -0.1) is 0 Å². The molecule has 1 heterocycles. The summed E-state index contributed by atoms with van der Waals surface area (Å²) in [7, 11) is -4.13. The lowest BCUT2D eigenvalue weighted by molar-refractivity contribution is 0.327. The molecule has 1 aliphatic heterocycles. The first-order valence-electron chi connectivity index (χ1n) is 8.43. The molecule has 25 heavy (non-hydrogen) atoms. The fraction of sp³-hybridized carbons (Fsp3) is 0.368. The first-order valence-corrected chi connectivity index (χ1v) is 9.87. The zero-order valence-corrected chi connectivity index (χ0v) is 14.9. The van der Waals surface area contributed by atoms with Crippen LogP contribution in [0, 0.1) is 18.6 Å². The van der Waals surface area contributed by atoms with Crippen molar-refractivity contribution in [2.24, 2.45) is 0 Å². The SMILES string of the molecule is Cc1ccc(C2CCCCCN2S(=O)(=O)c2cc(F)ccc2F)cc1. The molecule has 0 aromatic heterocycles. The Labute approximate surface area is 147 Å². The van der Waals surface area contributed by atoms with Crippen LogP contribution in [0.4, 0.5) is 8.78 Å². The van der Waals surface area contributed by atoms with Gasteiger partial charge in [0.15, 0.2) is 0 Å². The molecule has 0 N–H and O–H groups in total. The standard InChI is InChI=1S/C19H21F2NO2S/c1-14-6-8-15(9-7-14)18-5-3-2-4-12-22(18)25(23,24)19-13-16(20)10-11-17(19)21/h6-11,13,18H,2-5,12H2,1H3. The molecule has 3 rings (SSSR count). The molecule has 0 amide bonds. The van der Waals surface area contributed by atoms with Crippen LogP contribution in [-0.2, 0) is 10.0 Å². The number of halogens is 2. The van der Waals surface area contributed by atoms with E-state index in [0.717, 1.165) is 42.2 Å². The van der Waals surface area contributed by atoms with Gasteiger partial charge in [0.2, 0.25) is 10.0 Å². The maximum atomic E-state index is 14.1. The summed E-state index contributed by atoms with van der Waals surface area (Å²) in [6, 6.07) is 9.89. The van der Waals surface area contributed by atoms with E-state index in [2.05, 4.69) is 0 Å². The van der Waals surface area contributed by atoms with Gasteiger partial charge in [0, 0.05) is 6.54 Å². The van der Waals surface area contributed by atoms with Crippen LogP contribution in [0.3, 0.4) is 0 Å². The van der Waals surface area contributed by atoms with E-state index >= 15 is 0 Å². The van der Waals surface area contributed by atoms with Gasteiger partial charge in [0.25, 0.3) is 0 Å². The number of hydrogen-bond acceptors (Lipinski definition) is 2. The molecule has 1 unspecified atom stereocenters. The highest BCUT2D eigenvalue weighted by molar-refractivity contribution is 7.89. The lowest BCUT2D eigenvalue weighted by Crippen LogP contribution is -2.35. The van der Waals surface area contributed by atoms with Gasteiger partial charge in [0.1, 0.15) is 16.5 Å². The summed E-state index contributed by atoms with van der Waals surface area (Å²) in [5, 5.41) is 0. The fourth-order valence-corrected chi connectivity index (χ4v) is 5.05. The van der Waals surface area contributed by atoms with Gasteiger partial charge in [-0.25, -0.2) is 17.2 Å². The number of nitrogens with zero attached hydrogens (tertiary/aromatic N) is 1. The first kappa shape index (κ1) is 18.0. The van der Waals surface area contributed by atoms with Crippen LogP contribution in [-0.4, -0.2) is 19.3 Å². The molecular formula is C19H21F2NO2S. The van der Waals surface area contributed by atoms with E-state index in [1.165, 1.54) is 4.31 Å². The highest BCUT2D eigenvalue weighted by Gasteiger charge is 2.35. The first-order chi connectivity index (χ1) is 11.9. The Morgan fingerprint density at radius 2 is 1.72 bits per heavy atom. The summed E-state index contributed by atoms with van der Waals surface area (Å²) in [5.41, 5.74) is 1.97. The summed E-state index contributed by atoms with van der Waals surface area (Å²) in [5.74, 6) is -1.69. The van der Waals surface area contributed by atoms with Crippen molar-refractivity contribution in [1.82, 2.24) is 4.31 Å². The van der Waals surface area contributed by atoms with Crippen LogP contribution in [0.1, 0.15) is 42.9 Å². The largest absolute Gasteiger partial charge is 0.246 e. The van der Waals surface area contributed by atoms with Gasteiger partial charge >= 0.3 is 0 Å². The van der Waals surface area contributed by atoms with E-state index in [1.807, 2.05) is 31.2 Å². The Kier molecular flexibility index (Phi) is 5.20. The lowest BCUT2D eigenvalue weighted by Gasteiger charge is -2.29. The second kappa shape index (κ2) is 7.22. The minimum absolute atomic E-state index is 0.302. The van der Waals surface area contributed by atoms with E-state index in [0.29, 0.717) is 19.4 Å².